The van der Waals surface area contributed by atoms with Crippen molar-refractivity contribution >= 4 is 0 Å². The number of rotatable bonds is 4. The second kappa shape index (κ2) is 7.16. The van der Waals surface area contributed by atoms with Crippen molar-refractivity contribution in [3.8, 4) is 0 Å². The van der Waals surface area contributed by atoms with Gasteiger partial charge < -0.3 is 16.9 Å². The van der Waals surface area contributed by atoms with Gasteiger partial charge in [-0.3, -0.25) is 0 Å². The molecule has 1 aromatic rings. The predicted octanol–water partition coefficient (Wildman–Crippen LogP) is 0.642. The van der Waals surface area contributed by atoms with E-state index >= 15 is 0 Å². The van der Waals surface area contributed by atoms with Crippen molar-refractivity contribution in [2.24, 2.45) is 0 Å². The highest BCUT2D eigenvalue weighted by Gasteiger charge is 2.29. The third-order valence-corrected chi connectivity index (χ3v) is 4.38. The van der Waals surface area contributed by atoms with Gasteiger partial charge in [-0.25, -0.2) is 0 Å². The van der Waals surface area contributed by atoms with E-state index in [1.807, 2.05) is 0 Å². The number of hydrogen-bond donors (Lipinski definition) is 0. The molecule has 0 aromatic heterocycles. The number of halogens is 1. The Morgan fingerprint density at radius 2 is 1.61 bits per heavy atom. The highest BCUT2D eigenvalue weighted by Crippen LogP contribution is 2.25. The number of nitrogens with zero attached hydrogens (tertiary/aromatic N) is 1. The fraction of sp³-hybridized carbons (Fsp3) is 0.625. The summed E-state index contributed by atoms with van der Waals surface area (Å²) < 4.78 is 1.20. The Kier molecular flexibility index (Phi) is 6.17. The van der Waals surface area contributed by atoms with Gasteiger partial charge in [0.1, 0.15) is 0 Å². The van der Waals surface area contributed by atoms with Gasteiger partial charge in [-0.1, -0.05) is 36.8 Å². The van der Waals surface area contributed by atoms with Gasteiger partial charge in [-0.05, 0) is 31.2 Å². The third-order valence-electron chi connectivity index (χ3n) is 4.38. The molecule has 0 N–H and O–H groups in total. The van der Waals surface area contributed by atoms with Crippen molar-refractivity contribution < 1.29 is 16.9 Å². The van der Waals surface area contributed by atoms with Crippen LogP contribution in [0.4, 0.5) is 0 Å². The minimum atomic E-state index is 0. The summed E-state index contributed by atoms with van der Waals surface area (Å²) in [5.74, 6) is 0. The van der Waals surface area contributed by atoms with Crippen LogP contribution < -0.4 is 12.4 Å². The lowest BCUT2D eigenvalue weighted by molar-refractivity contribution is -0.916. The molecule has 1 aliphatic carbocycles. The highest BCUT2D eigenvalue weighted by molar-refractivity contribution is 5.14. The van der Waals surface area contributed by atoms with E-state index in [1.54, 1.807) is 0 Å². The maximum Gasteiger partial charge on any atom is 0.0886 e. The Balaban J connectivity index is 0.00000162. The number of benzene rings is 1. The summed E-state index contributed by atoms with van der Waals surface area (Å²) in [6.45, 7) is 1.27. The lowest BCUT2D eigenvalue weighted by Gasteiger charge is -2.40. The Morgan fingerprint density at radius 1 is 1.00 bits per heavy atom. The van der Waals surface area contributed by atoms with Crippen LogP contribution in [0, 0.1) is 0 Å². The molecule has 0 radical (unpaired) electrons. The van der Waals surface area contributed by atoms with Crippen molar-refractivity contribution in [3.63, 3.8) is 0 Å². The molecule has 1 saturated carbocycles. The first-order chi connectivity index (χ1) is 8.18. The first kappa shape index (κ1) is 15.5. The van der Waals surface area contributed by atoms with Crippen LogP contribution in [0.3, 0.4) is 0 Å². The number of hydrogen-bond acceptors (Lipinski definition) is 0. The molecule has 0 saturated heterocycles. The van der Waals surface area contributed by atoms with Crippen molar-refractivity contribution in [3.05, 3.63) is 35.9 Å². The van der Waals surface area contributed by atoms with Crippen LogP contribution in [0.1, 0.15) is 37.7 Å². The van der Waals surface area contributed by atoms with Gasteiger partial charge in [-0.2, -0.15) is 0 Å². The van der Waals surface area contributed by atoms with E-state index in [2.05, 4.69) is 44.4 Å². The average molecular weight is 268 g/mol. The zero-order valence-electron chi connectivity index (χ0n) is 11.7. The zero-order chi connectivity index (χ0) is 12.1. The van der Waals surface area contributed by atoms with Gasteiger partial charge in [0.15, 0.2) is 0 Å². The Labute approximate surface area is 118 Å². The molecule has 1 aliphatic rings. The van der Waals surface area contributed by atoms with Crippen LogP contribution in [0.2, 0.25) is 0 Å². The minimum absolute atomic E-state index is 0. The molecule has 102 valence electrons. The molecule has 0 heterocycles. The molecule has 1 nitrogen and oxygen atoms in total. The van der Waals surface area contributed by atoms with Crippen molar-refractivity contribution in [1.29, 1.82) is 0 Å². The van der Waals surface area contributed by atoms with Crippen LogP contribution in [0.15, 0.2) is 30.3 Å². The van der Waals surface area contributed by atoms with E-state index in [-0.39, 0.29) is 12.4 Å². The zero-order valence-corrected chi connectivity index (χ0v) is 12.5. The molecule has 18 heavy (non-hydrogen) atoms. The Morgan fingerprint density at radius 3 is 2.22 bits per heavy atom. The quantitative estimate of drug-likeness (QED) is 0.703. The van der Waals surface area contributed by atoms with Crippen molar-refractivity contribution in [2.45, 2.75) is 44.6 Å². The predicted molar refractivity (Wildman–Crippen MR) is 74.0 cm³/mol. The molecule has 0 bridgehead atoms. The van der Waals surface area contributed by atoms with Crippen molar-refractivity contribution in [1.82, 2.24) is 0 Å². The summed E-state index contributed by atoms with van der Waals surface area (Å²) in [6.07, 6.45) is 8.42. The maximum absolute atomic E-state index is 2.42. The highest BCUT2D eigenvalue weighted by atomic mass is 35.5. The SMILES string of the molecule is C[N+](C)(CCc1ccccc1)C1CCCCC1.[Cl-]. The fourth-order valence-electron chi connectivity index (χ4n) is 3.02. The second-order valence-electron chi connectivity index (χ2n) is 6.03. The largest absolute Gasteiger partial charge is 1.00 e. The van der Waals surface area contributed by atoms with E-state index in [4.69, 9.17) is 0 Å². The Bertz CT molecular complexity index is 328. The van der Waals surface area contributed by atoms with Crippen molar-refractivity contribution in [2.75, 3.05) is 20.6 Å². The van der Waals surface area contributed by atoms with Gasteiger partial charge in [0.2, 0.25) is 0 Å². The number of quaternary nitrogens is 1. The topological polar surface area (TPSA) is 0 Å². The molecule has 0 spiro atoms. The molecule has 0 amide bonds. The minimum Gasteiger partial charge on any atom is -1.00 e. The molecular formula is C16H26ClN. The molecular weight excluding hydrogens is 242 g/mol. The average Bonchev–Trinajstić information content (AvgIpc) is 2.39. The van der Waals surface area contributed by atoms with E-state index < -0.39 is 0 Å². The molecule has 2 heteroatoms. The lowest BCUT2D eigenvalue weighted by Crippen LogP contribution is -3.00. The monoisotopic (exact) mass is 267 g/mol. The standard InChI is InChI=1S/C16H26N.ClH/c1-17(2,16-11-7-4-8-12-16)14-13-15-9-5-3-6-10-15;/h3,5-6,9-10,16H,4,7-8,11-14H2,1-2H3;1H/q+1;/p-1. The molecule has 1 aromatic carbocycles. The van der Waals surface area contributed by atoms with Crippen LogP contribution in [0.25, 0.3) is 0 Å². The molecule has 1 fully saturated rings. The van der Waals surface area contributed by atoms with Crippen LogP contribution in [-0.2, 0) is 6.42 Å². The van der Waals surface area contributed by atoms with Crippen LogP contribution in [0.5, 0.6) is 0 Å². The van der Waals surface area contributed by atoms with Gasteiger partial charge in [-0.15, -0.1) is 0 Å². The molecule has 2 rings (SSSR count). The van der Waals surface area contributed by atoms with Gasteiger partial charge in [0.25, 0.3) is 0 Å². The summed E-state index contributed by atoms with van der Waals surface area (Å²) in [5.41, 5.74) is 1.48. The summed E-state index contributed by atoms with van der Waals surface area (Å²) in [4.78, 5) is 0. The third kappa shape index (κ3) is 4.29. The first-order valence-electron chi connectivity index (χ1n) is 7.05. The van der Waals surface area contributed by atoms with Gasteiger partial charge in [0, 0.05) is 6.42 Å². The number of likely N-dealkylation sites (N-methyl/N-ethyl adjacent to an activating group) is 1. The molecule has 0 unspecified atom stereocenters. The molecule has 0 atom stereocenters. The summed E-state index contributed by atoms with van der Waals surface area (Å²) >= 11 is 0. The van der Waals surface area contributed by atoms with Crippen LogP contribution >= 0.6 is 0 Å². The summed E-state index contributed by atoms with van der Waals surface area (Å²) in [6, 6.07) is 11.8. The Hall–Kier alpha value is -0.530. The lowest BCUT2D eigenvalue weighted by atomic mass is 9.92. The summed E-state index contributed by atoms with van der Waals surface area (Å²) in [7, 11) is 4.83. The fourth-order valence-corrected chi connectivity index (χ4v) is 3.02. The van der Waals surface area contributed by atoms with Crippen LogP contribution in [-0.4, -0.2) is 31.2 Å². The van der Waals surface area contributed by atoms with E-state index in [9.17, 15) is 0 Å². The first-order valence-corrected chi connectivity index (χ1v) is 7.05. The second-order valence-corrected chi connectivity index (χ2v) is 6.03. The molecule has 0 aliphatic heterocycles. The van der Waals surface area contributed by atoms with Gasteiger partial charge in [0.05, 0.1) is 26.7 Å². The summed E-state index contributed by atoms with van der Waals surface area (Å²) in [5, 5.41) is 0. The normalized spacial score (nSPS) is 17.2. The maximum atomic E-state index is 2.42. The van der Waals surface area contributed by atoms with Gasteiger partial charge >= 0.3 is 0 Å². The van der Waals surface area contributed by atoms with E-state index in [0.717, 1.165) is 6.04 Å². The van der Waals surface area contributed by atoms with E-state index in [1.165, 1.54) is 55.1 Å². The smallest absolute Gasteiger partial charge is 0.0886 e. The van der Waals surface area contributed by atoms with E-state index in [0.29, 0.717) is 0 Å².